The molecule has 0 aromatic heterocycles. The molecule has 3 nitrogen and oxygen atoms in total. The number of nitrogens with one attached hydrogen (secondary N) is 2. The zero-order valence-electron chi connectivity index (χ0n) is 13.0. The summed E-state index contributed by atoms with van der Waals surface area (Å²) in [5, 5.41) is 6.11. The molecule has 0 spiro atoms. The molecule has 0 unspecified atom stereocenters. The number of unbranched alkanes of at least 4 members (excludes halogenated alkanes) is 1. The van der Waals surface area contributed by atoms with E-state index in [9.17, 15) is 9.18 Å². The quantitative estimate of drug-likeness (QED) is 0.819. The Morgan fingerprint density at radius 2 is 2.10 bits per heavy atom. The Balaban J connectivity index is 2.14. The lowest BCUT2D eigenvalue weighted by molar-refractivity contribution is 0.0948. The average Bonchev–Trinajstić information content (AvgIpc) is 2.47. The van der Waals surface area contributed by atoms with Gasteiger partial charge in [-0.05, 0) is 62.4 Å². The van der Waals surface area contributed by atoms with Crippen LogP contribution in [0.3, 0.4) is 0 Å². The number of hydrogen-bond acceptors (Lipinski definition) is 2. The molecule has 1 amide bonds. The van der Waals surface area contributed by atoms with Crippen molar-refractivity contribution in [2.45, 2.75) is 45.4 Å². The molecule has 1 aliphatic rings. The number of carbonyl (C=O) groups excluding carboxylic acids is 1. The molecule has 1 aromatic carbocycles. The van der Waals surface area contributed by atoms with Gasteiger partial charge in [-0.2, -0.15) is 0 Å². The van der Waals surface area contributed by atoms with Gasteiger partial charge in [0.25, 0.3) is 5.91 Å². The topological polar surface area (TPSA) is 41.1 Å². The molecule has 0 aliphatic carbocycles. The molecule has 0 atom stereocenters. The number of carbonyl (C=O) groups is 1. The van der Waals surface area contributed by atoms with Crippen LogP contribution >= 0.6 is 0 Å². The van der Waals surface area contributed by atoms with Gasteiger partial charge in [-0.3, -0.25) is 4.79 Å². The van der Waals surface area contributed by atoms with Gasteiger partial charge >= 0.3 is 0 Å². The summed E-state index contributed by atoms with van der Waals surface area (Å²) in [5.74, 6) is -0.288. The third-order valence-electron chi connectivity index (χ3n) is 4.16. The van der Waals surface area contributed by atoms with E-state index < -0.39 is 5.82 Å². The predicted octanol–water partition coefficient (Wildman–Crippen LogP) is 3.13. The van der Waals surface area contributed by atoms with Crippen molar-refractivity contribution in [3.05, 3.63) is 34.6 Å². The minimum absolute atomic E-state index is 0.198. The van der Waals surface area contributed by atoms with E-state index in [1.165, 1.54) is 0 Å². The summed E-state index contributed by atoms with van der Waals surface area (Å²) < 4.78 is 14.3. The molecule has 2 N–H and O–H groups in total. The molecule has 4 heteroatoms. The van der Waals surface area contributed by atoms with E-state index in [1.54, 1.807) is 6.07 Å². The highest BCUT2D eigenvalue weighted by Crippen LogP contribution is 2.28. The molecule has 2 rings (SSSR count). The number of piperidine rings is 1. The lowest BCUT2D eigenvalue weighted by Crippen LogP contribution is -2.28. The van der Waals surface area contributed by atoms with E-state index in [4.69, 9.17) is 0 Å². The first kappa shape index (κ1) is 16.0. The summed E-state index contributed by atoms with van der Waals surface area (Å²) in [7, 11) is 0. The maximum atomic E-state index is 14.3. The molecule has 1 aromatic rings. The van der Waals surface area contributed by atoms with Crippen LogP contribution in [-0.4, -0.2) is 25.5 Å². The fraction of sp³-hybridized carbons (Fsp3) is 0.588. The second-order valence-corrected chi connectivity index (χ2v) is 5.83. The Kier molecular flexibility index (Phi) is 5.74. The van der Waals surface area contributed by atoms with E-state index in [1.807, 2.05) is 13.0 Å². The van der Waals surface area contributed by atoms with Crippen LogP contribution in [-0.2, 0) is 0 Å². The van der Waals surface area contributed by atoms with Crippen LogP contribution in [0.2, 0.25) is 0 Å². The van der Waals surface area contributed by atoms with Crippen molar-refractivity contribution in [2.75, 3.05) is 19.6 Å². The SMILES string of the molecule is CCCCNC(=O)c1c(C)cc(C2CCNCC2)cc1F. The lowest BCUT2D eigenvalue weighted by Gasteiger charge is -2.24. The Labute approximate surface area is 126 Å². The number of rotatable bonds is 5. The third kappa shape index (κ3) is 4.03. The summed E-state index contributed by atoms with van der Waals surface area (Å²) in [6.45, 7) is 6.44. The fourth-order valence-electron chi connectivity index (χ4n) is 2.92. The molecular weight excluding hydrogens is 267 g/mol. The van der Waals surface area contributed by atoms with Crippen molar-refractivity contribution in [2.24, 2.45) is 0 Å². The maximum Gasteiger partial charge on any atom is 0.254 e. The van der Waals surface area contributed by atoms with Gasteiger partial charge in [-0.25, -0.2) is 4.39 Å². The molecule has 1 fully saturated rings. The second-order valence-electron chi connectivity index (χ2n) is 5.83. The van der Waals surface area contributed by atoms with Gasteiger partial charge in [0.1, 0.15) is 5.82 Å². The van der Waals surface area contributed by atoms with Crippen LogP contribution in [0.5, 0.6) is 0 Å². The van der Waals surface area contributed by atoms with E-state index in [2.05, 4.69) is 17.6 Å². The van der Waals surface area contributed by atoms with Crippen molar-refractivity contribution in [3.8, 4) is 0 Å². The second kappa shape index (κ2) is 7.55. The minimum Gasteiger partial charge on any atom is -0.352 e. The summed E-state index contributed by atoms with van der Waals surface area (Å²) >= 11 is 0. The molecule has 21 heavy (non-hydrogen) atoms. The van der Waals surface area contributed by atoms with Crippen LogP contribution in [0.1, 0.15) is 60.0 Å². The van der Waals surface area contributed by atoms with E-state index in [0.29, 0.717) is 12.5 Å². The largest absolute Gasteiger partial charge is 0.352 e. The first-order chi connectivity index (χ1) is 10.1. The Bertz CT molecular complexity index is 473. The van der Waals surface area contributed by atoms with E-state index in [0.717, 1.165) is 49.9 Å². The molecule has 1 saturated heterocycles. The Hall–Kier alpha value is -1.42. The normalized spacial score (nSPS) is 16.0. The average molecular weight is 292 g/mol. The Morgan fingerprint density at radius 1 is 1.38 bits per heavy atom. The van der Waals surface area contributed by atoms with Gasteiger partial charge in [0.05, 0.1) is 5.56 Å². The summed E-state index contributed by atoms with van der Waals surface area (Å²) in [6.07, 6.45) is 3.98. The number of hydrogen-bond donors (Lipinski definition) is 2. The van der Waals surface area contributed by atoms with Crippen molar-refractivity contribution in [1.29, 1.82) is 0 Å². The van der Waals surface area contributed by atoms with Gasteiger partial charge in [-0.1, -0.05) is 19.4 Å². The van der Waals surface area contributed by atoms with Crippen molar-refractivity contribution in [3.63, 3.8) is 0 Å². The summed E-state index contributed by atoms with van der Waals surface area (Å²) in [4.78, 5) is 12.1. The molecule has 0 radical (unpaired) electrons. The lowest BCUT2D eigenvalue weighted by atomic mass is 9.88. The zero-order valence-corrected chi connectivity index (χ0v) is 13.0. The van der Waals surface area contributed by atoms with Gasteiger partial charge in [-0.15, -0.1) is 0 Å². The van der Waals surface area contributed by atoms with Gasteiger partial charge < -0.3 is 10.6 Å². The van der Waals surface area contributed by atoms with E-state index >= 15 is 0 Å². The van der Waals surface area contributed by atoms with Gasteiger partial charge in [0, 0.05) is 6.54 Å². The summed E-state index contributed by atoms with van der Waals surface area (Å²) in [5.41, 5.74) is 1.96. The van der Waals surface area contributed by atoms with Crippen LogP contribution in [0.25, 0.3) is 0 Å². The smallest absolute Gasteiger partial charge is 0.254 e. The van der Waals surface area contributed by atoms with Crippen LogP contribution < -0.4 is 10.6 Å². The number of amides is 1. The minimum atomic E-state index is -0.391. The number of aryl methyl sites for hydroxylation is 1. The number of halogens is 1. The molecule has 1 aliphatic heterocycles. The maximum absolute atomic E-state index is 14.3. The standard InChI is InChI=1S/C17H25FN2O/c1-3-4-7-20-17(21)16-12(2)10-14(11-15(16)18)13-5-8-19-9-6-13/h10-11,13,19H,3-9H2,1-2H3,(H,20,21). The highest BCUT2D eigenvalue weighted by molar-refractivity contribution is 5.96. The molecule has 1 heterocycles. The number of benzene rings is 1. The first-order valence-corrected chi connectivity index (χ1v) is 7.92. The molecule has 0 saturated carbocycles. The van der Waals surface area contributed by atoms with Crippen LogP contribution in [0.4, 0.5) is 4.39 Å². The monoisotopic (exact) mass is 292 g/mol. The third-order valence-corrected chi connectivity index (χ3v) is 4.16. The molecule has 116 valence electrons. The zero-order chi connectivity index (χ0) is 15.2. The predicted molar refractivity (Wildman–Crippen MR) is 83.2 cm³/mol. The van der Waals surface area contributed by atoms with Crippen molar-refractivity contribution < 1.29 is 9.18 Å². The summed E-state index contributed by atoms with van der Waals surface area (Å²) in [6, 6.07) is 3.53. The van der Waals surface area contributed by atoms with Crippen LogP contribution in [0.15, 0.2) is 12.1 Å². The molecule has 0 bridgehead atoms. The first-order valence-electron chi connectivity index (χ1n) is 7.92. The van der Waals surface area contributed by atoms with E-state index in [-0.39, 0.29) is 11.5 Å². The highest BCUT2D eigenvalue weighted by Gasteiger charge is 2.20. The fourth-order valence-corrected chi connectivity index (χ4v) is 2.92. The van der Waals surface area contributed by atoms with Crippen LogP contribution in [0, 0.1) is 12.7 Å². The van der Waals surface area contributed by atoms with Gasteiger partial charge in [0.15, 0.2) is 0 Å². The Morgan fingerprint density at radius 3 is 2.71 bits per heavy atom. The van der Waals surface area contributed by atoms with Crippen molar-refractivity contribution >= 4 is 5.91 Å². The van der Waals surface area contributed by atoms with Gasteiger partial charge in [0.2, 0.25) is 0 Å². The van der Waals surface area contributed by atoms with Crippen molar-refractivity contribution in [1.82, 2.24) is 10.6 Å². The molecular formula is C17H25FN2O. The highest BCUT2D eigenvalue weighted by atomic mass is 19.1.